The Morgan fingerprint density at radius 2 is 1.96 bits per heavy atom. The summed E-state index contributed by atoms with van der Waals surface area (Å²) < 4.78 is 31.6. The van der Waals surface area contributed by atoms with Crippen LogP contribution in [0.2, 0.25) is 0 Å². The third kappa shape index (κ3) is 2.66. The van der Waals surface area contributed by atoms with Gasteiger partial charge in [-0.3, -0.25) is 9.10 Å². The second kappa shape index (κ2) is 5.82. The highest BCUT2D eigenvalue weighted by atomic mass is 32.2. The number of hydrogen-bond donors (Lipinski definition) is 1. The zero-order chi connectivity index (χ0) is 16.6. The topological polar surface area (TPSA) is 75.7 Å². The molecule has 2 aromatic rings. The number of anilines is 1. The lowest BCUT2D eigenvalue weighted by molar-refractivity contribution is -0.120. The van der Waals surface area contributed by atoms with Gasteiger partial charge >= 0.3 is 0 Å². The standard InChI is InChI=1S/C16H18N2O4S/c1-11(10-22-2)17-15(19)9-18-13-7-3-5-12-6-4-8-14(16(12)13)23(18,20)21/h3-8,11H,9-10H2,1-2H3,(H,17,19)/t11-/m0/s1. The molecule has 1 aliphatic rings. The molecule has 3 rings (SSSR count). The molecule has 1 heterocycles. The fourth-order valence-corrected chi connectivity index (χ4v) is 4.54. The Balaban J connectivity index is 1.93. The van der Waals surface area contributed by atoms with Crippen LogP contribution in [0.5, 0.6) is 0 Å². The molecule has 0 fully saturated rings. The molecular formula is C16H18N2O4S. The van der Waals surface area contributed by atoms with Crippen molar-refractivity contribution in [2.45, 2.75) is 17.9 Å². The average Bonchev–Trinajstić information content (AvgIpc) is 2.71. The molecule has 0 saturated heterocycles. The van der Waals surface area contributed by atoms with Crippen molar-refractivity contribution in [1.82, 2.24) is 5.32 Å². The van der Waals surface area contributed by atoms with Crippen LogP contribution in [0.4, 0.5) is 5.69 Å². The molecule has 0 radical (unpaired) electrons. The van der Waals surface area contributed by atoms with Gasteiger partial charge in [0.2, 0.25) is 5.91 Å². The molecular weight excluding hydrogens is 316 g/mol. The van der Waals surface area contributed by atoms with Crippen molar-refractivity contribution in [2.75, 3.05) is 24.6 Å². The van der Waals surface area contributed by atoms with E-state index in [-0.39, 0.29) is 23.4 Å². The van der Waals surface area contributed by atoms with E-state index in [0.29, 0.717) is 17.7 Å². The van der Waals surface area contributed by atoms with Gasteiger partial charge in [-0.25, -0.2) is 8.42 Å². The quantitative estimate of drug-likeness (QED) is 0.899. The van der Waals surface area contributed by atoms with E-state index in [9.17, 15) is 13.2 Å². The number of nitrogens with zero attached hydrogens (tertiary/aromatic N) is 1. The first-order chi connectivity index (χ1) is 10.9. The lowest BCUT2D eigenvalue weighted by Crippen LogP contribution is -2.43. The summed E-state index contributed by atoms with van der Waals surface area (Å²) in [6.45, 7) is 1.92. The van der Waals surface area contributed by atoms with Gasteiger partial charge in [0, 0.05) is 18.5 Å². The van der Waals surface area contributed by atoms with Crippen LogP contribution in [0, 0.1) is 0 Å². The van der Waals surface area contributed by atoms with E-state index in [1.54, 1.807) is 38.3 Å². The van der Waals surface area contributed by atoms with Crippen LogP contribution in [0.15, 0.2) is 41.3 Å². The van der Waals surface area contributed by atoms with E-state index in [1.165, 1.54) is 4.31 Å². The Labute approximate surface area is 135 Å². The predicted octanol–water partition coefficient (Wildman–Crippen LogP) is 1.50. The van der Waals surface area contributed by atoms with Crippen LogP contribution in [0.3, 0.4) is 0 Å². The van der Waals surface area contributed by atoms with Gasteiger partial charge in [0.1, 0.15) is 6.54 Å². The first-order valence-electron chi connectivity index (χ1n) is 7.28. The van der Waals surface area contributed by atoms with Crippen molar-refractivity contribution in [2.24, 2.45) is 0 Å². The van der Waals surface area contributed by atoms with E-state index in [4.69, 9.17) is 4.74 Å². The summed E-state index contributed by atoms with van der Waals surface area (Å²) in [5, 5.41) is 4.25. The average molecular weight is 334 g/mol. The molecule has 7 heteroatoms. The van der Waals surface area contributed by atoms with E-state index < -0.39 is 10.0 Å². The number of carbonyl (C=O) groups excluding carboxylic acids is 1. The largest absolute Gasteiger partial charge is 0.383 e. The van der Waals surface area contributed by atoms with Gasteiger partial charge in [-0.2, -0.15) is 0 Å². The Morgan fingerprint density at radius 1 is 1.26 bits per heavy atom. The molecule has 0 aromatic heterocycles. The number of amides is 1. The third-order valence-electron chi connectivity index (χ3n) is 3.79. The van der Waals surface area contributed by atoms with Crippen molar-refractivity contribution < 1.29 is 17.9 Å². The number of methoxy groups -OCH3 is 1. The summed E-state index contributed by atoms with van der Waals surface area (Å²) in [4.78, 5) is 12.4. The summed E-state index contributed by atoms with van der Waals surface area (Å²) in [6.07, 6.45) is 0. The smallest absolute Gasteiger partial charge is 0.265 e. The molecule has 6 nitrogen and oxygen atoms in total. The van der Waals surface area contributed by atoms with Crippen molar-refractivity contribution >= 4 is 32.4 Å². The minimum Gasteiger partial charge on any atom is -0.383 e. The van der Waals surface area contributed by atoms with E-state index in [2.05, 4.69) is 5.32 Å². The van der Waals surface area contributed by atoms with Crippen LogP contribution in [-0.4, -0.2) is 40.6 Å². The zero-order valence-electron chi connectivity index (χ0n) is 12.9. The van der Waals surface area contributed by atoms with E-state index in [1.807, 2.05) is 12.1 Å². The number of nitrogens with one attached hydrogen (secondary N) is 1. The molecule has 0 aliphatic carbocycles. The second-order valence-electron chi connectivity index (χ2n) is 5.57. The Bertz CT molecular complexity index is 858. The monoisotopic (exact) mass is 334 g/mol. The minimum absolute atomic E-state index is 0.184. The highest BCUT2D eigenvalue weighted by Gasteiger charge is 2.36. The SMILES string of the molecule is COC[C@H](C)NC(=O)CN1c2cccc3cccc(c23)S1(=O)=O. The van der Waals surface area contributed by atoms with Crippen LogP contribution in [-0.2, 0) is 19.6 Å². The zero-order valence-corrected chi connectivity index (χ0v) is 13.8. The number of ether oxygens (including phenoxy) is 1. The van der Waals surface area contributed by atoms with Crippen LogP contribution in [0.1, 0.15) is 6.92 Å². The molecule has 23 heavy (non-hydrogen) atoms. The molecule has 1 aliphatic heterocycles. The van der Waals surface area contributed by atoms with Crippen LogP contribution < -0.4 is 9.62 Å². The normalized spacial score (nSPS) is 16.5. The molecule has 0 bridgehead atoms. The first kappa shape index (κ1) is 15.8. The predicted molar refractivity (Wildman–Crippen MR) is 88.0 cm³/mol. The molecule has 122 valence electrons. The summed E-state index contributed by atoms with van der Waals surface area (Å²) in [6, 6.07) is 10.3. The lowest BCUT2D eigenvalue weighted by Gasteiger charge is -2.20. The number of hydrogen-bond acceptors (Lipinski definition) is 4. The second-order valence-corrected chi connectivity index (χ2v) is 7.40. The Kier molecular flexibility index (Phi) is 3.99. The lowest BCUT2D eigenvalue weighted by atomic mass is 10.1. The number of benzene rings is 2. The minimum atomic E-state index is -3.70. The highest BCUT2D eigenvalue weighted by Crippen LogP contribution is 2.41. The molecule has 2 aromatic carbocycles. The summed E-state index contributed by atoms with van der Waals surface area (Å²) >= 11 is 0. The first-order valence-corrected chi connectivity index (χ1v) is 8.72. The van der Waals surface area contributed by atoms with Gasteiger partial charge in [-0.15, -0.1) is 0 Å². The van der Waals surface area contributed by atoms with Crippen molar-refractivity contribution in [3.05, 3.63) is 36.4 Å². The molecule has 1 amide bonds. The maximum absolute atomic E-state index is 12.7. The maximum atomic E-state index is 12.7. The Hall–Kier alpha value is -2.12. The van der Waals surface area contributed by atoms with Crippen molar-refractivity contribution in [1.29, 1.82) is 0 Å². The fraction of sp³-hybridized carbons (Fsp3) is 0.312. The molecule has 1 N–H and O–H groups in total. The summed E-state index contributed by atoms with van der Waals surface area (Å²) in [5.74, 6) is -0.358. The van der Waals surface area contributed by atoms with Gasteiger partial charge < -0.3 is 10.1 Å². The molecule has 0 saturated carbocycles. The summed E-state index contributed by atoms with van der Waals surface area (Å²) in [7, 11) is -2.15. The third-order valence-corrected chi connectivity index (χ3v) is 5.59. The summed E-state index contributed by atoms with van der Waals surface area (Å²) in [5.41, 5.74) is 0.549. The van der Waals surface area contributed by atoms with E-state index >= 15 is 0 Å². The van der Waals surface area contributed by atoms with Crippen LogP contribution in [0.25, 0.3) is 10.8 Å². The van der Waals surface area contributed by atoms with Gasteiger partial charge in [0.05, 0.1) is 17.2 Å². The molecule has 0 unspecified atom stereocenters. The van der Waals surface area contributed by atoms with Gasteiger partial charge in [0.25, 0.3) is 10.0 Å². The van der Waals surface area contributed by atoms with Crippen molar-refractivity contribution in [3.8, 4) is 0 Å². The van der Waals surface area contributed by atoms with Crippen LogP contribution >= 0.6 is 0 Å². The number of carbonyl (C=O) groups is 1. The van der Waals surface area contributed by atoms with Gasteiger partial charge in [-0.05, 0) is 24.4 Å². The number of sulfonamides is 1. The molecule has 0 spiro atoms. The van der Waals surface area contributed by atoms with Gasteiger partial charge in [-0.1, -0.05) is 24.3 Å². The Morgan fingerprint density at radius 3 is 2.65 bits per heavy atom. The fourth-order valence-electron chi connectivity index (χ4n) is 2.87. The van der Waals surface area contributed by atoms with E-state index in [0.717, 1.165) is 5.39 Å². The van der Waals surface area contributed by atoms with Gasteiger partial charge in [0.15, 0.2) is 0 Å². The number of rotatable bonds is 5. The van der Waals surface area contributed by atoms with Crippen molar-refractivity contribution in [3.63, 3.8) is 0 Å². The maximum Gasteiger partial charge on any atom is 0.265 e. The highest BCUT2D eigenvalue weighted by molar-refractivity contribution is 7.93. The molecule has 1 atom stereocenters.